The Bertz CT molecular complexity index is 907. The van der Waals surface area contributed by atoms with Crippen molar-refractivity contribution in [1.82, 2.24) is 19.4 Å². The molecule has 1 N–H and O–H groups in total. The number of hydrogen-bond acceptors (Lipinski definition) is 5. The molecule has 0 bridgehead atoms. The lowest BCUT2D eigenvalue weighted by atomic mass is 10.2. The molecule has 1 aliphatic heterocycles. The van der Waals surface area contributed by atoms with Crippen molar-refractivity contribution < 1.29 is 13.2 Å². The predicted molar refractivity (Wildman–Crippen MR) is 113 cm³/mol. The van der Waals surface area contributed by atoms with E-state index in [0.717, 1.165) is 36.2 Å². The van der Waals surface area contributed by atoms with Gasteiger partial charge in [-0.25, -0.2) is 8.42 Å². The van der Waals surface area contributed by atoms with Crippen LogP contribution in [0.4, 0.5) is 0 Å². The molecule has 2 aromatic rings. The zero-order valence-corrected chi connectivity index (χ0v) is 18.6. The molecule has 1 saturated heterocycles. The molecule has 1 aromatic heterocycles. The number of ether oxygens (including phenoxy) is 1. The fourth-order valence-corrected chi connectivity index (χ4v) is 5.03. The van der Waals surface area contributed by atoms with E-state index in [0.29, 0.717) is 49.4 Å². The lowest BCUT2D eigenvalue weighted by Gasteiger charge is -2.26. The minimum atomic E-state index is -3.45. The smallest absolute Gasteiger partial charge is 0.243 e. The normalized spacial score (nSPS) is 15.7. The molecular formula is C20H29ClN4O3S. The third-order valence-electron chi connectivity index (χ3n) is 5.07. The van der Waals surface area contributed by atoms with Crippen LogP contribution in [0.5, 0.6) is 0 Å². The number of morpholine rings is 1. The van der Waals surface area contributed by atoms with Crippen molar-refractivity contribution in [2.45, 2.75) is 51.2 Å². The van der Waals surface area contributed by atoms with Gasteiger partial charge in [0.05, 0.1) is 23.8 Å². The Morgan fingerprint density at radius 3 is 2.52 bits per heavy atom. The maximum absolute atomic E-state index is 12.7. The van der Waals surface area contributed by atoms with Crippen molar-refractivity contribution in [3.63, 3.8) is 0 Å². The van der Waals surface area contributed by atoms with Gasteiger partial charge in [0.15, 0.2) is 0 Å². The molecule has 2 heterocycles. The lowest BCUT2D eigenvalue weighted by Crippen LogP contribution is -2.40. The summed E-state index contributed by atoms with van der Waals surface area (Å²) in [6.45, 7) is 7.86. The molecule has 3 rings (SSSR count). The number of aromatic nitrogens is 2. The average molecular weight is 441 g/mol. The number of aryl methyl sites for hydroxylation is 2. The summed E-state index contributed by atoms with van der Waals surface area (Å²) in [4.78, 5) is 0.319. The van der Waals surface area contributed by atoms with Crippen LogP contribution in [-0.2, 0) is 34.4 Å². The van der Waals surface area contributed by atoms with Crippen molar-refractivity contribution in [3.8, 4) is 0 Å². The molecule has 0 saturated carbocycles. The Morgan fingerprint density at radius 1 is 1.17 bits per heavy atom. The maximum Gasteiger partial charge on any atom is 0.243 e. The van der Waals surface area contributed by atoms with Gasteiger partial charge in [-0.3, -0.25) is 4.68 Å². The molecule has 0 aliphatic carbocycles. The second-order valence-corrected chi connectivity index (χ2v) is 9.49. The van der Waals surface area contributed by atoms with Crippen LogP contribution in [0, 0.1) is 6.92 Å². The van der Waals surface area contributed by atoms with E-state index in [4.69, 9.17) is 16.3 Å². The second-order valence-electron chi connectivity index (χ2n) is 7.20. The molecule has 0 atom stereocenters. The Morgan fingerprint density at radius 2 is 1.86 bits per heavy atom. The molecule has 1 aliphatic rings. The van der Waals surface area contributed by atoms with Gasteiger partial charge in [-0.2, -0.15) is 9.40 Å². The zero-order valence-electron chi connectivity index (χ0n) is 17.0. The number of nitrogens with zero attached hydrogens (tertiary/aromatic N) is 3. The van der Waals surface area contributed by atoms with Crippen molar-refractivity contribution in [1.29, 1.82) is 0 Å². The van der Waals surface area contributed by atoms with Gasteiger partial charge in [-0.1, -0.05) is 37.1 Å². The van der Waals surface area contributed by atoms with Gasteiger partial charge in [0.25, 0.3) is 0 Å². The van der Waals surface area contributed by atoms with Crippen molar-refractivity contribution in [2.75, 3.05) is 26.3 Å². The van der Waals surface area contributed by atoms with Crippen molar-refractivity contribution >= 4 is 21.6 Å². The molecule has 7 nitrogen and oxygen atoms in total. The van der Waals surface area contributed by atoms with E-state index in [-0.39, 0.29) is 0 Å². The van der Waals surface area contributed by atoms with Gasteiger partial charge in [0.1, 0.15) is 5.15 Å². The fourth-order valence-electron chi connectivity index (χ4n) is 3.29. The summed E-state index contributed by atoms with van der Waals surface area (Å²) in [6, 6.07) is 7.03. The van der Waals surface area contributed by atoms with Crippen LogP contribution in [0.15, 0.2) is 29.2 Å². The van der Waals surface area contributed by atoms with E-state index in [9.17, 15) is 8.42 Å². The SMILES string of the molecule is CCCCn1nc(C)c(CNCc2ccc(S(=O)(=O)N3CCOCC3)cc2)c1Cl. The molecule has 0 amide bonds. The molecule has 1 aromatic carbocycles. The summed E-state index contributed by atoms with van der Waals surface area (Å²) in [7, 11) is -3.45. The Labute approximate surface area is 178 Å². The highest BCUT2D eigenvalue weighted by atomic mass is 35.5. The van der Waals surface area contributed by atoms with Gasteiger partial charge in [0, 0.05) is 38.3 Å². The van der Waals surface area contributed by atoms with E-state index in [1.54, 1.807) is 12.1 Å². The number of halogens is 1. The highest BCUT2D eigenvalue weighted by molar-refractivity contribution is 7.89. The van der Waals surface area contributed by atoms with Crippen LogP contribution in [0.3, 0.4) is 0 Å². The maximum atomic E-state index is 12.7. The minimum absolute atomic E-state index is 0.319. The molecule has 1 fully saturated rings. The Balaban J connectivity index is 1.58. The van der Waals surface area contributed by atoms with Crippen LogP contribution in [0.2, 0.25) is 5.15 Å². The largest absolute Gasteiger partial charge is 0.379 e. The van der Waals surface area contributed by atoms with E-state index in [1.807, 2.05) is 23.7 Å². The van der Waals surface area contributed by atoms with Crippen LogP contribution >= 0.6 is 11.6 Å². The van der Waals surface area contributed by atoms with Crippen LogP contribution < -0.4 is 5.32 Å². The first-order chi connectivity index (χ1) is 13.9. The van der Waals surface area contributed by atoms with Gasteiger partial charge < -0.3 is 10.1 Å². The first kappa shape index (κ1) is 22.2. The lowest BCUT2D eigenvalue weighted by molar-refractivity contribution is 0.0730. The van der Waals surface area contributed by atoms with Crippen LogP contribution in [0.25, 0.3) is 0 Å². The topological polar surface area (TPSA) is 76.5 Å². The zero-order chi connectivity index (χ0) is 20.9. The Hall–Kier alpha value is -1.45. The third-order valence-corrected chi connectivity index (χ3v) is 7.40. The molecule has 0 radical (unpaired) electrons. The van der Waals surface area contributed by atoms with Crippen molar-refractivity contribution in [2.24, 2.45) is 0 Å². The first-order valence-corrected chi connectivity index (χ1v) is 11.8. The summed E-state index contributed by atoms with van der Waals surface area (Å²) in [5, 5.41) is 8.59. The first-order valence-electron chi connectivity index (χ1n) is 10.0. The minimum Gasteiger partial charge on any atom is -0.379 e. The number of hydrogen-bond donors (Lipinski definition) is 1. The predicted octanol–water partition coefficient (Wildman–Crippen LogP) is 2.96. The highest BCUT2D eigenvalue weighted by Crippen LogP contribution is 2.21. The molecule has 160 valence electrons. The van der Waals surface area contributed by atoms with Gasteiger partial charge >= 0.3 is 0 Å². The quantitative estimate of drug-likeness (QED) is 0.648. The number of nitrogens with one attached hydrogen (secondary N) is 1. The van der Waals surface area contributed by atoms with E-state index >= 15 is 0 Å². The van der Waals surface area contributed by atoms with Crippen LogP contribution in [0.1, 0.15) is 36.6 Å². The van der Waals surface area contributed by atoms with E-state index in [1.165, 1.54) is 4.31 Å². The molecular weight excluding hydrogens is 412 g/mol. The number of rotatable bonds is 9. The van der Waals surface area contributed by atoms with Gasteiger partial charge in [-0.05, 0) is 31.0 Å². The summed E-state index contributed by atoms with van der Waals surface area (Å²) in [5.41, 5.74) is 2.96. The van der Waals surface area contributed by atoms with Gasteiger partial charge in [-0.15, -0.1) is 0 Å². The monoisotopic (exact) mass is 440 g/mol. The highest BCUT2D eigenvalue weighted by Gasteiger charge is 2.26. The molecule has 0 unspecified atom stereocenters. The summed E-state index contributed by atoms with van der Waals surface area (Å²) in [6.07, 6.45) is 2.15. The van der Waals surface area contributed by atoms with Crippen LogP contribution in [-0.4, -0.2) is 48.8 Å². The summed E-state index contributed by atoms with van der Waals surface area (Å²) in [5.74, 6) is 0. The number of benzene rings is 1. The Kier molecular flexibility index (Phi) is 7.70. The summed E-state index contributed by atoms with van der Waals surface area (Å²) < 4.78 is 33.9. The van der Waals surface area contributed by atoms with Gasteiger partial charge in [0.2, 0.25) is 10.0 Å². The average Bonchev–Trinajstić information content (AvgIpc) is 3.00. The van der Waals surface area contributed by atoms with E-state index in [2.05, 4.69) is 17.3 Å². The molecule has 9 heteroatoms. The molecule has 29 heavy (non-hydrogen) atoms. The third kappa shape index (κ3) is 5.38. The number of sulfonamides is 1. The fraction of sp³-hybridized carbons (Fsp3) is 0.550. The van der Waals surface area contributed by atoms with Crippen molar-refractivity contribution in [3.05, 3.63) is 46.2 Å². The van der Waals surface area contributed by atoms with E-state index < -0.39 is 10.0 Å². The number of unbranched alkanes of at least 4 members (excludes halogenated alkanes) is 1. The molecule has 0 spiro atoms. The summed E-state index contributed by atoms with van der Waals surface area (Å²) >= 11 is 6.47. The standard InChI is InChI=1S/C20H29ClN4O3S/c1-3-4-9-25-20(21)19(16(2)23-25)15-22-14-17-5-7-18(8-6-17)29(26,27)24-10-12-28-13-11-24/h5-8,22H,3-4,9-15H2,1-2H3. The second kappa shape index (κ2) is 10.0.